The van der Waals surface area contributed by atoms with E-state index < -0.39 is 6.67 Å². The van der Waals surface area contributed by atoms with E-state index in [1.165, 1.54) is 6.07 Å². The Kier molecular flexibility index (Phi) is 4.35. The number of carbonyl (C=O) groups is 2. The maximum absolute atomic E-state index is 12.4. The summed E-state index contributed by atoms with van der Waals surface area (Å²) in [5, 5.41) is 0. The molecule has 86 valence electrons. The molecule has 0 radical (unpaired) electrons. The van der Waals surface area contributed by atoms with E-state index in [0.717, 1.165) is 0 Å². The van der Waals surface area contributed by atoms with Gasteiger partial charge in [0.1, 0.15) is 12.5 Å². The quantitative estimate of drug-likeness (QED) is 0.567. The molecule has 0 N–H and O–H groups in total. The lowest BCUT2D eigenvalue weighted by atomic mass is 9.99. The third-order valence-electron chi connectivity index (χ3n) is 2.38. The van der Waals surface area contributed by atoms with Gasteiger partial charge in [-0.15, -0.1) is 0 Å². The molecule has 0 spiro atoms. The number of hydrogen-bond donors (Lipinski definition) is 0. The second-order valence-corrected chi connectivity index (χ2v) is 4.05. The van der Waals surface area contributed by atoms with Crippen LogP contribution in [0.25, 0.3) is 0 Å². The second kappa shape index (κ2) is 5.54. The number of hydrogen-bond acceptors (Lipinski definition) is 2. The van der Waals surface area contributed by atoms with Crippen LogP contribution in [0.15, 0.2) is 24.3 Å². The Morgan fingerprint density at radius 3 is 2.56 bits per heavy atom. The predicted molar refractivity (Wildman–Crippen MR) is 60.0 cm³/mol. The molecule has 0 bridgehead atoms. The highest BCUT2D eigenvalue weighted by molar-refractivity contribution is 6.08. The Balaban J connectivity index is 2.76. The number of benzene rings is 1. The molecular weight excluding hydrogens is 207 g/mol. The van der Waals surface area contributed by atoms with Crippen molar-refractivity contribution < 1.29 is 14.0 Å². The predicted octanol–water partition coefficient (Wildman–Crippen LogP) is 2.95. The van der Waals surface area contributed by atoms with Gasteiger partial charge in [0.2, 0.25) is 0 Å². The van der Waals surface area contributed by atoms with Crippen molar-refractivity contribution in [3.05, 3.63) is 35.4 Å². The van der Waals surface area contributed by atoms with Gasteiger partial charge in [-0.05, 0) is 11.6 Å². The van der Waals surface area contributed by atoms with E-state index in [4.69, 9.17) is 0 Å². The van der Waals surface area contributed by atoms with Crippen LogP contribution >= 0.6 is 0 Å². The summed E-state index contributed by atoms with van der Waals surface area (Å²) < 4.78 is 12.4. The van der Waals surface area contributed by atoms with Crippen molar-refractivity contribution in [1.82, 2.24) is 0 Å². The first-order valence-corrected chi connectivity index (χ1v) is 5.25. The van der Waals surface area contributed by atoms with Gasteiger partial charge in [-0.25, -0.2) is 4.39 Å². The Morgan fingerprint density at radius 2 is 2.00 bits per heavy atom. The van der Waals surface area contributed by atoms with Crippen LogP contribution in [-0.4, -0.2) is 11.6 Å². The minimum atomic E-state index is -0.598. The van der Waals surface area contributed by atoms with Crippen LogP contribution in [-0.2, 0) is 11.5 Å². The van der Waals surface area contributed by atoms with Gasteiger partial charge in [0, 0.05) is 11.5 Å². The zero-order valence-electron chi connectivity index (χ0n) is 9.50. The molecule has 0 fully saturated rings. The van der Waals surface area contributed by atoms with Crippen LogP contribution in [0.5, 0.6) is 0 Å². The van der Waals surface area contributed by atoms with Gasteiger partial charge in [-0.2, -0.15) is 0 Å². The summed E-state index contributed by atoms with van der Waals surface area (Å²) in [6.07, 6.45) is -0.104. The average Bonchev–Trinajstić information content (AvgIpc) is 2.28. The Morgan fingerprint density at radius 1 is 1.31 bits per heavy atom. The van der Waals surface area contributed by atoms with Crippen LogP contribution in [0.4, 0.5) is 4.39 Å². The highest BCUT2D eigenvalue weighted by atomic mass is 19.1. The molecule has 0 atom stereocenters. The lowest BCUT2D eigenvalue weighted by Gasteiger charge is -2.04. The maximum Gasteiger partial charge on any atom is 0.170 e. The summed E-state index contributed by atoms with van der Waals surface area (Å²) in [4.78, 5) is 23.1. The number of alkyl halides is 1. The second-order valence-electron chi connectivity index (χ2n) is 4.05. The molecule has 0 aliphatic heterocycles. The highest BCUT2D eigenvalue weighted by Crippen LogP contribution is 2.11. The Hall–Kier alpha value is -1.51. The van der Waals surface area contributed by atoms with E-state index in [1.54, 1.807) is 32.0 Å². The molecule has 0 aliphatic rings. The van der Waals surface area contributed by atoms with Gasteiger partial charge >= 0.3 is 0 Å². The van der Waals surface area contributed by atoms with Crippen LogP contribution < -0.4 is 0 Å². The SMILES string of the molecule is CC(C)C(=O)CC(=O)c1cccc(CF)c1. The van der Waals surface area contributed by atoms with E-state index in [-0.39, 0.29) is 23.9 Å². The van der Waals surface area contributed by atoms with Crippen molar-refractivity contribution in [1.29, 1.82) is 0 Å². The largest absolute Gasteiger partial charge is 0.299 e. The molecule has 1 rings (SSSR count). The number of carbonyl (C=O) groups excluding carboxylic acids is 2. The zero-order chi connectivity index (χ0) is 12.1. The van der Waals surface area contributed by atoms with Crippen molar-refractivity contribution in [3.63, 3.8) is 0 Å². The third-order valence-corrected chi connectivity index (χ3v) is 2.38. The van der Waals surface area contributed by atoms with Gasteiger partial charge in [0.05, 0.1) is 6.42 Å². The van der Waals surface area contributed by atoms with Gasteiger partial charge in [-0.3, -0.25) is 9.59 Å². The molecule has 2 nitrogen and oxygen atoms in total. The van der Waals surface area contributed by atoms with Crippen LogP contribution in [0.3, 0.4) is 0 Å². The summed E-state index contributed by atoms with van der Waals surface area (Å²) in [6.45, 7) is 2.92. The van der Waals surface area contributed by atoms with Crippen molar-refractivity contribution in [3.8, 4) is 0 Å². The molecule has 1 aromatic carbocycles. The van der Waals surface area contributed by atoms with Gasteiger partial charge in [-0.1, -0.05) is 32.0 Å². The smallest absolute Gasteiger partial charge is 0.170 e. The van der Waals surface area contributed by atoms with Crippen molar-refractivity contribution in [2.24, 2.45) is 5.92 Å². The molecule has 0 aromatic heterocycles. The fourth-order valence-electron chi connectivity index (χ4n) is 1.29. The zero-order valence-corrected chi connectivity index (χ0v) is 9.50. The first-order valence-electron chi connectivity index (χ1n) is 5.25. The van der Waals surface area contributed by atoms with E-state index in [0.29, 0.717) is 11.1 Å². The monoisotopic (exact) mass is 222 g/mol. The lowest BCUT2D eigenvalue weighted by Crippen LogP contribution is -2.13. The first-order chi connectivity index (χ1) is 7.54. The molecule has 0 amide bonds. The fourth-order valence-corrected chi connectivity index (χ4v) is 1.29. The van der Waals surface area contributed by atoms with E-state index in [2.05, 4.69) is 0 Å². The number of rotatable bonds is 5. The van der Waals surface area contributed by atoms with Gasteiger partial charge in [0.25, 0.3) is 0 Å². The number of halogens is 1. The third kappa shape index (κ3) is 3.26. The minimum Gasteiger partial charge on any atom is -0.299 e. The van der Waals surface area contributed by atoms with E-state index in [9.17, 15) is 14.0 Å². The molecule has 0 unspecified atom stereocenters. The van der Waals surface area contributed by atoms with Crippen molar-refractivity contribution >= 4 is 11.6 Å². The molecule has 3 heteroatoms. The molecule has 0 aliphatic carbocycles. The Labute approximate surface area is 94.5 Å². The first kappa shape index (κ1) is 12.6. The Bertz CT molecular complexity index is 397. The van der Waals surface area contributed by atoms with Crippen molar-refractivity contribution in [2.45, 2.75) is 26.9 Å². The maximum atomic E-state index is 12.4. The van der Waals surface area contributed by atoms with Crippen LogP contribution in [0.1, 0.15) is 36.2 Å². The summed E-state index contributed by atoms with van der Waals surface area (Å²) >= 11 is 0. The summed E-state index contributed by atoms with van der Waals surface area (Å²) in [5.74, 6) is -0.474. The standard InChI is InChI=1S/C13H15FO2/c1-9(2)12(15)7-13(16)11-5-3-4-10(6-11)8-14/h3-6,9H,7-8H2,1-2H3. The molecular formula is C13H15FO2. The van der Waals surface area contributed by atoms with Crippen LogP contribution in [0, 0.1) is 5.92 Å². The fraction of sp³-hybridized carbons (Fsp3) is 0.385. The summed E-state index contributed by atoms with van der Waals surface area (Å²) in [5.41, 5.74) is 0.868. The van der Waals surface area contributed by atoms with Crippen LogP contribution in [0.2, 0.25) is 0 Å². The van der Waals surface area contributed by atoms with Gasteiger partial charge in [0.15, 0.2) is 5.78 Å². The number of Topliss-reactive ketones (excluding diaryl/α,β-unsaturated/α-hetero) is 2. The molecule has 0 saturated carbocycles. The topological polar surface area (TPSA) is 34.1 Å². The van der Waals surface area contributed by atoms with Gasteiger partial charge < -0.3 is 0 Å². The van der Waals surface area contributed by atoms with Crippen molar-refractivity contribution in [2.75, 3.05) is 0 Å². The molecule has 16 heavy (non-hydrogen) atoms. The lowest BCUT2D eigenvalue weighted by molar-refractivity contribution is -0.121. The summed E-state index contributed by atoms with van der Waals surface area (Å²) in [7, 11) is 0. The number of ketones is 2. The summed E-state index contributed by atoms with van der Waals surface area (Å²) in [6, 6.07) is 6.34. The minimum absolute atomic E-state index is 0.0874. The van der Waals surface area contributed by atoms with E-state index >= 15 is 0 Å². The molecule has 0 saturated heterocycles. The average molecular weight is 222 g/mol. The molecule has 1 aromatic rings. The normalized spacial score (nSPS) is 10.5. The highest BCUT2D eigenvalue weighted by Gasteiger charge is 2.14. The van der Waals surface area contributed by atoms with E-state index in [1.807, 2.05) is 0 Å². The molecule has 0 heterocycles.